The Labute approximate surface area is 197 Å². The molecule has 2 rings (SSSR count). The molecule has 0 unspecified atom stereocenters. The Morgan fingerprint density at radius 2 is 1.38 bits per heavy atom. The lowest BCUT2D eigenvalue weighted by Gasteiger charge is -2.30. The Bertz CT molecular complexity index is 467. The zero-order chi connectivity index (χ0) is 23.6. The third-order valence-electron chi connectivity index (χ3n) is 6.73. The normalized spacial score (nSPS) is 18.6. The van der Waals surface area contributed by atoms with E-state index in [9.17, 15) is 9.59 Å². The number of carbonyl (C=O) groups is 2. The molecular formula is C27H52N2O3. The van der Waals surface area contributed by atoms with Gasteiger partial charge in [0.25, 0.3) is 0 Å². The quantitative estimate of drug-likeness (QED) is 0.275. The minimum absolute atomic E-state index is 0.0107. The SMILES string of the molecule is C1CCC(NC2CCCCC2)CC1.CCCCCCCC(=O)N[C@@H](CC(=O)O)CC(C)C. The summed E-state index contributed by atoms with van der Waals surface area (Å²) in [4.78, 5) is 22.5. The van der Waals surface area contributed by atoms with E-state index in [2.05, 4.69) is 17.6 Å². The van der Waals surface area contributed by atoms with Crippen LogP contribution in [0.5, 0.6) is 0 Å². The van der Waals surface area contributed by atoms with Crippen molar-refractivity contribution in [2.24, 2.45) is 5.92 Å². The van der Waals surface area contributed by atoms with Crippen molar-refractivity contribution in [3.8, 4) is 0 Å². The van der Waals surface area contributed by atoms with Gasteiger partial charge in [0.2, 0.25) is 5.91 Å². The maximum absolute atomic E-state index is 11.7. The summed E-state index contributed by atoms with van der Waals surface area (Å²) in [6.45, 7) is 6.23. The summed E-state index contributed by atoms with van der Waals surface area (Å²) < 4.78 is 0. The predicted molar refractivity (Wildman–Crippen MR) is 134 cm³/mol. The van der Waals surface area contributed by atoms with Gasteiger partial charge in [0, 0.05) is 24.5 Å². The van der Waals surface area contributed by atoms with Crippen LogP contribution in [0, 0.1) is 5.92 Å². The molecule has 32 heavy (non-hydrogen) atoms. The number of nitrogens with one attached hydrogen (secondary N) is 2. The highest BCUT2D eigenvalue weighted by atomic mass is 16.4. The summed E-state index contributed by atoms with van der Waals surface area (Å²) in [5.41, 5.74) is 0. The number of hydrogen-bond acceptors (Lipinski definition) is 3. The molecule has 3 N–H and O–H groups in total. The monoisotopic (exact) mass is 452 g/mol. The van der Waals surface area contributed by atoms with Gasteiger partial charge in [-0.15, -0.1) is 0 Å². The molecule has 0 heterocycles. The van der Waals surface area contributed by atoms with E-state index in [4.69, 9.17) is 5.11 Å². The first-order chi connectivity index (χ1) is 15.4. The van der Waals surface area contributed by atoms with E-state index in [1.54, 1.807) is 0 Å². The van der Waals surface area contributed by atoms with E-state index in [0.29, 0.717) is 18.8 Å². The molecule has 0 aromatic rings. The number of aliphatic carboxylic acids is 1. The first-order valence-corrected chi connectivity index (χ1v) is 13.7. The van der Waals surface area contributed by atoms with Crippen LogP contribution in [-0.4, -0.2) is 35.1 Å². The molecule has 0 aliphatic heterocycles. The van der Waals surface area contributed by atoms with Gasteiger partial charge >= 0.3 is 5.97 Å². The van der Waals surface area contributed by atoms with Gasteiger partial charge in [-0.25, -0.2) is 0 Å². The van der Waals surface area contributed by atoms with E-state index in [0.717, 1.165) is 24.9 Å². The van der Waals surface area contributed by atoms with Crippen LogP contribution in [0.15, 0.2) is 0 Å². The highest BCUT2D eigenvalue weighted by Crippen LogP contribution is 2.22. The Hall–Kier alpha value is -1.10. The lowest BCUT2D eigenvalue weighted by Crippen LogP contribution is -2.40. The van der Waals surface area contributed by atoms with Crippen LogP contribution in [0.4, 0.5) is 0 Å². The number of carboxylic acids is 1. The Kier molecular flexibility index (Phi) is 16.6. The summed E-state index contributed by atoms with van der Waals surface area (Å²) >= 11 is 0. The first-order valence-electron chi connectivity index (χ1n) is 13.7. The van der Waals surface area contributed by atoms with Gasteiger partial charge in [-0.05, 0) is 44.4 Å². The van der Waals surface area contributed by atoms with Gasteiger partial charge in [0.1, 0.15) is 0 Å². The standard InChI is InChI=1S/C15H29NO3.C12H23N/c1-4-5-6-7-8-9-14(17)16-13(10-12(2)3)11-15(18)19;1-3-7-11(8-4-1)13-12-9-5-2-6-10-12/h12-13H,4-11H2,1-3H3,(H,16,17)(H,18,19);11-13H,1-10H2/t13-;/m1./s1. The molecule has 2 fully saturated rings. The van der Waals surface area contributed by atoms with Crippen molar-refractivity contribution in [1.29, 1.82) is 0 Å². The summed E-state index contributed by atoms with van der Waals surface area (Å²) in [5, 5.41) is 15.5. The largest absolute Gasteiger partial charge is 0.481 e. The van der Waals surface area contributed by atoms with Crippen LogP contribution in [0.25, 0.3) is 0 Å². The maximum Gasteiger partial charge on any atom is 0.305 e. The van der Waals surface area contributed by atoms with E-state index >= 15 is 0 Å². The molecule has 0 aromatic carbocycles. The number of unbranched alkanes of at least 4 members (excludes halogenated alkanes) is 4. The molecule has 0 spiro atoms. The molecule has 0 saturated heterocycles. The second-order valence-electron chi connectivity index (χ2n) is 10.5. The zero-order valence-electron chi connectivity index (χ0n) is 21.3. The molecule has 0 aromatic heterocycles. The van der Waals surface area contributed by atoms with Crippen LogP contribution in [-0.2, 0) is 9.59 Å². The second kappa shape index (κ2) is 18.3. The molecule has 5 nitrogen and oxygen atoms in total. The molecule has 1 atom stereocenters. The van der Waals surface area contributed by atoms with Crippen LogP contribution in [0.3, 0.4) is 0 Å². The van der Waals surface area contributed by atoms with Crippen molar-refractivity contribution in [3.05, 3.63) is 0 Å². The molecule has 2 aliphatic rings. The summed E-state index contributed by atoms with van der Waals surface area (Å²) in [6, 6.07) is 1.51. The molecule has 188 valence electrons. The van der Waals surface area contributed by atoms with Crippen LogP contribution >= 0.6 is 0 Å². The van der Waals surface area contributed by atoms with Gasteiger partial charge in [-0.2, -0.15) is 0 Å². The Balaban J connectivity index is 0.000000339. The topological polar surface area (TPSA) is 78.4 Å². The van der Waals surface area contributed by atoms with Crippen LogP contribution in [0.1, 0.15) is 136 Å². The van der Waals surface area contributed by atoms with Gasteiger partial charge in [0.15, 0.2) is 0 Å². The van der Waals surface area contributed by atoms with Crippen molar-refractivity contribution in [1.82, 2.24) is 10.6 Å². The molecule has 0 radical (unpaired) electrons. The van der Waals surface area contributed by atoms with Crippen molar-refractivity contribution >= 4 is 11.9 Å². The van der Waals surface area contributed by atoms with Crippen molar-refractivity contribution in [2.75, 3.05) is 0 Å². The highest BCUT2D eigenvalue weighted by molar-refractivity contribution is 5.77. The van der Waals surface area contributed by atoms with E-state index in [1.807, 2.05) is 13.8 Å². The summed E-state index contributed by atoms with van der Waals surface area (Å²) in [6.07, 6.45) is 21.4. The highest BCUT2D eigenvalue weighted by Gasteiger charge is 2.19. The smallest absolute Gasteiger partial charge is 0.305 e. The van der Waals surface area contributed by atoms with Crippen LogP contribution < -0.4 is 10.6 Å². The van der Waals surface area contributed by atoms with E-state index < -0.39 is 5.97 Å². The van der Waals surface area contributed by atoms with E-state index in [1.165, 1.54) is 83.5 Å². The fraction of sp³-hybridized carbons (Fsp3) is 0.926. The number of carboxylic acid groups (broad SMARTS) is 1. The Morgan fingerprint density at radius 1 is 0.844 bits per heavy atom. The molecule has 0 bridgehead atoms. The molecule has 1 amide bonds. The minimum atomic E-state index is -0.853. The number of carbonyl (C=O) groups excluding carboxylic acids is 1. The van der Waals surface area contributed by atoms with Crippen molar-refractivity contribution in [3.63, 3.8) is 0 Å². The summed E-state index contributed by atoms with van der Waals surface area (Å²) in [5.74, 6) is -0.480. The summed E-state index contributed by atoms with van der Waals surface area (Å²) in [7, 11) is 0. The predicted octanol–water partition coefficient (Wildman–Crippen LogP) is 6.59. The van der Waals surface area contributed by atoms with E-state index in [-0.39, 0.29) is 18.4 Å². The number of amides is 1. The van der Waals surface area contributed by atoms with Gasteiger partial charge in [-0.3, -0.25) is 9.59 Å². The maximum atomic E-state index is 11.7. The fourth-order valence-corrected chi connectivity index (χ4v) is 5.03. The molecule has 2 saturated carbocycles. The zero-order valence-corrected chi connectivity index (χ0v) is 21.3. The number of rotatable bonds is 13. The molecule has 2 aliphatic carbocycles. The molecular weight excluding hydrogens is 400 g/mol. The molecule has 5 heteroatoms. The third-order valence-corrected chi connectivity index (χ3v) is 6.73. The van der Waals surface area contributed by atoms with Gasteiger partial charge in [0.05, 0.1) is 6.42 Å². The minimum Gasteiger partial charge on any atom is -0.481 e. The van der Waals surface area contributed by atoms with Crippen LogP contribution in [0.2, 0.25) is 0 Å². The fourth-order valence-electron chi connectivity index (χ4n) is 5.03. The lowest BCUT2D eigenvalue weighted by molar-refractivity contribution is -0.137. The Morgan fingerprint density at radius 3 is 1.84 bits per heavy atom. The van der Waals surface area contributed by atoms with Gasteiger partial charge in [-0.1, -0.05) is 85.0 Å². The second-order valence-corrected chi connectivity index (χ2v) is 10.5. The first kappa shape index (κ1) is 28.9. The van der Waals surface area contributed by atoms with Crippen molar-refractivity contribution in [2.45, 2.75) is 154 Å². The van der Waals surface area contributed by atoms with Gasteiger partial charge < -0.3 is 15.7 Å². The average molecular weight is 453 g/mol. The average Bonchev–Trinajstić information content (AvgIpc) is 2.74. The van der Waals surface area contributed by atoms with Crippen molar-refractivity contribution < 1.29 is 14.7 Å². The lowest BCUT2D eigenvalue weighted by atomic mass is 9.91. The number of hydrogen-bond donors (Lipinski definition) is 3. The third kappa shape index (κ3) is 15.7.